The van der Waals surface area contributed by atoms with E-state index in [2.05, 4.69) is 21.2 Å². The van der Waals surface area contributed by atoms with Crippen LogP contribution in [-0.2, 0) is 21.4 Å². The van der Waals surface area contributed by atoms with Gasteiger partial charge in [-0.25, -0.2) is 8.42 Å². The number of hydrogen-bond acceptors (Lipinski definition) is 4. The Morgan fingerprint density at radius 3 is 2.45 bits per heavy atom. The summed E-state index contributed by atoms with van der Waals surface area (Å²) in [7, 11) is -2.57. The van der Waals surface area contributed by atoms with Gasteiger partial charge in [0.05, 0.1) is 29.6 Å². The van der Waals surface area contributed by atoms with Crippen molar-refractivity contribution in [3.8, 4) is 5.75 Å². The van der Waals surface area contributed by atoms with E-state index in [9.17, 15) is 13.2 Å². The lowest BCUT2D eigenvalue weighted by atomic mass is 10.1. The molecular weight excluding hydrogens is 528 g/mol. The average molecular weight is 552 g/mol. The summed E-state index contributed by atoms with van der Waals surface area (Å²) in [5.74, 6) is -0.0487. The molecule has 0 aliphatic carbocycles. The Kier molecular flexibility index (Phi) is 8.53. The predicted octanol–water partition coefficient (Wildman–Crippen LogP) is 5.18. The van der Waals surface area contributed by atoms with Crippen molar-refractivity contribution in [2.75, 3.05) is 13.7 Å². The second-order valence-corrected chi connectivity index (χ2v) is 10.7. The lowest BCUT2D eigenvalue weighted by Gasteiger charge is -2.23. The maximum atomic E-state index is 13.5. The molecule has 3 rings (SSSR count). The molecule has 9 heteroatoms. The number of methoxy groups -OCH3 is 1. The minimum Gasteiger partial charge on any atom is -0.495 e. The summed E-state index contributed by atoms with van der Waals surface area (Å²) in [5.41, 5.74) is 1.66. The van der Waals surface area contributed by atoms with Gasteiger partial charge in [0, 0.05) is 11.0 Å². The van der Waals surface area contributed by atoms with Crippen LogP contribution in [0.4, 0.5) is 0 Å². The molecule has 174 valence electrons. The molecule has 0 saturated heterocycles. The first-order valence-corrected chi connectivity index (χ1v) is 12.7. The number of nitrogens with one attached hydrogen (secondary N) is 1. The lowest BCUT2D eigenvalue weighted by Crippen LogP contribution is -2.41. The highest BCUT2D eigenvalue weighted by Crippen LogP contribution is 2.29. The number of ether oxygens (including phenoxy) is 1. The Bertz CT molecular complexity index is 1220. The number of rotatable bonds is 9. The number of amides is 1. The summed E-state index contributed by atoms with van der Waals surface area (Å²) < 4.78 is 34.1. The van der Waals surface area contributed by atoms with E-state index in [1.165, 1.54) is 25.3 Å². The van der Waals surface area contributed by atoms with Crippen LogP contribution < -0.4 is 10.1 Å². The van der Waals surface area contributed by atoms with Crippen LogP contribution in [0.3, 0.4) is 0 Å². The Balaban J connectivity index is 1.86. The quantitative estimate of drug-likeness (QED) is 0.398. The molecular formula is C24H24BrClN2O4S. The normalized spacial score (nSPS) is 12.4. The zero-order valence-electron chi connectivity index (χ0n) is 18.2. The second-order valence-electron chi connectivity index (χ2n) is 7.40. The van der Waals surface area contributed by atoms with Crippen LogP contribution in [0.15, 0.2) is 82.2 Å². The van der Waals surface area contributed by atoms with E-state index >= 15 is 0 Å². The molecule has 3 aromatic rings. The Morgan fingerprint density at radius 1 is 1.09 bits per heavy atom. The van der Waals surface area contributed by atoms with Gasteiger partial charge in [0.15, 0.2) is 0 Å². The maximum absolute atomic E-state index is 13.5. The molecule has 0 bridgehead atoms. The van der Waals surface area contributed by atoms with Crippen molar-refractivity contribution >= 4 is 43.5 Å². The van der Waals surface area contributed by atoms with Crippen molar-refractivity contribution in [2.24, 2.45) is 0 Å². The first-order chi connectivity index (χ1) is 15.7. The molecule has 3 aromatic carbocycles. The van der Waals surface area contributed by atoms with Crippen LogP contribution in [0, 0.1) is 0 Å². The van der Waals surface area contributed by atoms with Gasteiger partial charge in [-0.05, 0) is 48.4 Å². The van der Waals surface area contributed by atoms with Gasteiger partial charge in [0.25, 0.3) is 0 Å². The van der Waals surface area contributed by atoms with Gasteiger partial charge in [-0.3, -0.25) is 4.79 Å². The van der Waals surface area contributed by atoms with E-state index in [-0.39, 0.29) is 29.0 Å². The molecule has 0 spiro atoms. The third-order valence-corrected chi connectivity index (χ3v) is 7.59. The summed E-state index contributed by atoms with van der Waals surface area (Å²) in [6, 6.07) is 20.6. The van der Waals surface area contributed by atoms with Crippen LogP contribution in [0.2, 0.25) is 5.02 Å². The fraction of sp³-hybridized carbons (Fsp3) is 0.208. The number of carbonyl (C=O) groups excluding carboxylic acids is 1. The molecule has 33 heavy (non-hydrogen) atoms. The lowest BCUT2D eigenvalue weighted by molar-refractivity contribution is -0.122. The zero-order chi connectivity index (χ0) is 24.0. The number of hydrogen-bond donors (Lipinski definition) is 1. The summed E-state index contributed by atoms with van der Waals surface area (Å²) in [5, 5.41) is 3.05. The van der Waals surface area contributed by atoms with Gasteiger partial charge in [-0.1, -0.05) is 70.0 Å². The van der Waals surface area contributed by atoms with Crippen molar-refractivity contribution in [1.29, 1.82) is 0 Å². The largest absolute Gasteiger partial charge is 0.495 e. The van der Waals surface area contributed by atoms with Crippen molar-refractivity contribution in [1.82, 2.24) is 9.62 Å². The van der Waals surface area contributed by atoms with Gasteiger partial charge >= 0.3 is 0 Å². The van der Waals surface area contributed by atoms with Crippen LogP contribution in [0.25, 0.3) is 0 Å². The number of carbonyl (C=O) groups is 1. The van der Waals surface area contributed by atoms with Gasteiger partial charge in [-0.2, -0.15) is 4.31 Å². The molecule has 1 atom stereocenters. The average Bonchev–Trinajstić information content (AvgIpc) is 2.79. The van der Waals surface area contributed by atoms with Crippen molar-refractivity contribution in [3.05, 3.63) is 93.4 Å². The third-order valence-electron chi connectivity index (χ3n) is 5.01. The van der Waals surface area contributed by atoms with Crippen LogP contribution in [0.1, 0.15) is 24.1 Å². The summed E-state index contributed by atoms with van der Waals surface area (Å²) in [6.45, 7) is 1.53. The van der Waals surface area contributed by atoms with E-state index in [0.717, 1.165) is 19.9 Å². The van der Waals surface area contributed by atoms with Crippen LogP contribution >= 0.6 is 27.5 Å². The van der Waals surface area contributed by atoms with E-state index in [1.807, 2.05) is 61.5 Å². The smallest absolute Gasteiger partial charge is 0.243 e. The van der Waals surface area contributed by atoms with Gasteiger partial charge in [-0.15, -0.1) is 0 Å². The summed E-state index contributed by atoms with van der Waals surface area (Å²) >= 11 is 9.59. The van der Waals surface area contributed by atoms with Crippen molar-refractivity contribution in [3.63, 3.8) is 0 Å². The minimum absolute atomic E-state index is 0.0166. The molecule has 1 N–H and O–H groups in total. The molecule has 0 aromatic heterocycles. The van der Waals surface area contributed by atoms with E-state index in [1.54, 1.807) is 0 Å². The van der Waals surface area contributed by atoms with Crippen molar-refractivity contribution in [2.45, 2.75) is 24.4 Å². The van der Waals surface area contributed by atoms with Crippen LogP contribution in [-0.4, -0.2) is 32.3 Å². The number of nitrogens with zero attached hydrogens (tertiary/aromatic N) is 1. The highest BCUT2D eigenvalue weighted by molar-refractivity contribution is 9.10. The molecule has 0 unspecified atom stereocenters. The summed E-state index contributed by atoms with van der Waals surface area (Å²) in [4.78, 5) is 12.9. The third kappa shape index (κ3) is 6.57. The molecule has 6 nitrogen and oxygen atoms in total. The SMILES string of the molecule is COc1ccc(S(=O)(=O)N(CC(=O)N[C@@H](C)c2cccc(Br)c2)Cc2ccccc2)cc1Cl. The fourth-order valence-electron chi connectivity index (χ4n) is 3.28. The monoisotopic (exact) mass is 550 g/mol. The molecule has 0 heterocycles. The first kappa shape index (κ1) is 25.2. The van der Waals surface area contributed by atoms with Gasteiger partial charge in [0.1, 0.15) is 5.75 Å². The standard InChI is InChI=1S/C24H24BrClN2O4S/c1-17(19-9-6-10-20(25)13-19)27-24(29)16-28(15-18-7-4-3-5-8-18)33(30,31)21-11-12-23(32-2)22(26)14-21/h3-14,17H,15-16H2,1-2H3,(H,27,29)/t17-/m0/s1. The van der Waals surface area contributed by atoms with Gasteiger partial charge < -0.3 is 10.1 Å². The molecule has 0 aliphatic rings. The molecule has 0 saturated carbocycles. The van der Waals surface area contributed by atoms with E-state index in [4.69, 9.17) is 16.3 Å². The highest BCUT2D eigenvalue weighted by atomic mass is 79.9. The van der Waals surface area contributed by atoms with E-state index in [0.29, 0.717) is 5.75 Å². The van der Waals surface area contributed by atoms with Crippen molar-refractivity contribution < 1.29 is 17.9 Å². The number of sulfonamides is 1. The Morgan fingerprint density at radius 2 is 1.82 bits per heavy atom. The molecule has 0 fully saturated rings. The molecule has 0 aliphatic heterocycles. The topological polar surface area (TPSA) is 75.7 Å². The van der Waals surface area contributed by atoms with Crippen LogP contribution in [0.5, 0.6) is 5.75 Å². The minimum atomic E-state index is -4.02. The molecule has 0 radical (unpaired) electrons. The fourth-order valence-corrected chi connectivity index (χ4v) is 5.43. The summed E-state index contributed by atoms with van der Waals surface area (Å²) in [6.07, 6.45) is 0. The first-order valence-electron chi connectivity index (χ1n) is 10.1. The maximum Gasteiger partial charge on any atom is 0.243 e. The number of halogens is 2. The van der Waals surface area contributed by atoms with Gasteiger partial charge in [0.2, 0.25) is 15.9 Å². The van der Waals surface area contributed by atoms with E-state index < -0.39 is 15.9 Å². The Hall–Kier alpha value is -2.39. The number of benzene rings is 3. The molecule has 1 amide bonds. The zero-order valence-corrected chi connectivity index (χ0v) is 21.3. The Labute approximate surface area is 207 Å². The highest BCUT2D eigenvalue weighted by Gasteiger charge is 2.28. The predicted molar refractivity (Wildman–Crippen MR) is 133 cm³/mol. The second kappa shape index (κ2) is 11.2.